The van der Waals surface area contributed by atoms with Crippen molar-refractivity contribution in [3.8, 4) is 23.0 Å². The average Bonchev–Trinajstić information content (AvgIpc) is 3.29. The first-order valence-corrected chi connectivity index (χ1v) is 8.48. The van der Waals surface area contributed by atoms with E-state index in [-0.39, 0.29) is 19.1 Å². The van der Waals surface area contributed by atoms with Crippen LogP contribution in [-0.2, 0) is 5.54 Å². The zero-order valence-electron chi connectivity index (χ0n) is 14.1. The predicted octanol–water partition coefficient (Wildman–Crippen LogP) is 1.92. The lowest BCUT2D eigenvalue weighted by atomic mass is 9.80. The van der Waals surface area contributed by atoms with Gasteiger partial charge >= 0.3 is 0 Å². The number of rotatable bonds is 2. The number of nitrogens with one attached hydrogen (secondary N) is 1. The molecule has 1 saturated heterocycles. The van der Waals surface area contributed by atoms with Crippen molar-refractivity contribution < 1.29 is 18.9 Å². The third-order valence-corrected chi connectivity index (χ3v) is 5.16. The van der Waals surface area contributed by atoms with E-state index in [2.05, 4.69) is 41.5 Å². The molecule has 0 aliphatic carbocycles. The van der Waals surface area contributed by atoms with E-state index in [4.69, 9.17) is 18.9 Å². The predicted molar refractivity (Wildman–Crippen MR) is 91.4 cm³/mol. The SMILES string of the molecule is CN1CCNC(c2ccc3c(c2)OCO3)(c2ccc3c(c2)OCO3)C1. The first-order chi connectivity index (χ1) is 12.2. The molecule has 0 spiro atoms. The van der Waals surface area contributed by atoms with Gasteiger partial charge < -0.3 is 29.2 Å². The Kier molecular flexibility index (Phi) is 3.29. The van der Waals surface area contributed by atoms with Gasteiger partial charge in [-0.3, -0.25) is 0 Å². The zero-order chi connectivity index (χ0) is 16.9. The molecule has 0 radical (unpaired) electrons. The second kappa shape index (κ2) is 5.54. The van der Waals surface area contributed by atoms with Gasteiger partial charge in [-0.2, -0.15) is 0 Å². The van der Waals surface area contributed by atoms with E-state index in [1.807, 2.05) is 12.1 Å². The first kappa shape index (κ1) is 14.9. The maximum absolute atomic E-state index is 5.60. The zero-order valence-corrected chi connectivity index (χ0v) is 14.1. The summed E-state index contributed by atoms with van der Waals surface area (Å²) in [5, 5.41) is 3.74. The standard InChI is InChI=1S/C19H20N2O4/c1-21-7-6-20-19(10-21,13-2-4-15-17(8-13)24-11-22-15)14-3-5-16-18(9-14)25-12-23-16/h2-5,8-9,20H,6-7,10-12H2,1H3. The Labute approximate surface area is 146 Å². The van der Waals surface area contributed by atoms with Crippen LogP contribution in [-0.4, -0.2) is 45.2 Å². The van der Waals surface area contributed by atoms with E-state index >= 15 is 0 Å². The van der Waals surface area contributed by atoms with Gasteiger partial charge in [0.05, 0.1) is 5.54 Å². The molecular formula is C19H20N2O4. The van der Waals surface area contributed by atoms with Crippen molar-refractivity contribution >= 4 is 0 Å². The number of nitrogens with zero attached hydrogens (tertiary/aromatic N) is 1. The summed E-state index contributed by atoms with van der Waals surface area (Å²) >= 11 is 0. The fourth-order valence-corrected chi connectivity index (χ4v) is 3.88. The number of hydrogen-bond acceptors (Lipinski definition) is 6. The number of hydrogen-bond donors (Lipinski definition) is 1. The molecule has 2 aromatic carbocycles. The summed E-state index contributed by atoms with van der Waals surface area (Å²) in [6, 6.07) is 12.4. The molecule has 0 saturated carbocycles. The van der Waals surface area contributed by atoms with Crippen molar-refractivity contribution in [2.45, 2.75) is 5.54 Å². The molecule has 0 amide bonds. The van der Waals surface area contributed by atoms with E-state index in [1.54, 1.807) is 0 Å². The van der Waals surface area contributed by atoms with Crippen LogP contribution >= 0.6 is 0 Å². The normalized spacial score (nSPS) is 20.7. The van der Waals surface area contributed by atoms with Crippen LogP contribution in [0.4, 0.5) is 0 Å². The molecule has 0 atom stereocenters. The van der Waals surface area contributed by atoms with E-state index in [9.17, 15) is 0 Å². The maximum atomic E-state index is 5.60. The second-order valence-corrected chi connectivity index (χ2v) is 6.71. The monoisotopic (exact) mass is 340 g/mol. The summed E-state index contributed by atoms with van der Waals surface area (Å²) in [6.07, 6.45) is 0. The van der Waals surface area contributed by atoms with Crippen LogP contribution in [0.25, 0.3) is 0 Å². The number of benzene rings is 2. The van der Waals surface area contributed by atoms with Crippen LogP contribution < -0.4 is 24.3 Å². The van der Waals surface area contributed by atoms with Gasteiger partial charge in [0.2, 0.25) is 13.6 Å². The highest BCUT2D eigenvalue weighted by atomic mass is 16.7. The summed E-state index contributed by atoms with van der Waals surface area (Å²) < 4.78 is 22.1. The van der Waals surface area contributed by atoms with Crippen molar-refractivity contribution in [2.75, 3.05) is 40.3 Å². The minimum absolute atomic E-state index is 0.281. The maximum Gasteiger partial charge on any atom is 0.231 e. The molecule has 2 aromatic rings. The lowest BCUT2D eigenvalue weighted by Gasteiger charge is -2.43. The molecule has 3 heterocycles. The molecule has 3 aliphatic rings. The topological polar surface area (TPSA) is 52.2 Å². The van der Waals surface area contributed by atoms with Gasteiger partial charge in [-0.25, -0.2) is 0 Å². The Morgan fingerprint density at radius 2 is 1.40 bits per heavy atom. The Hall–Kier alpha value is -2.44. The fourth-order valence-electron chi connectivity index (χ4n) is 3.88. The van der Waals surface area contributed by atoms with Crippen molar-refractivity contribution in [3.63, 3.8) is 0 Å². The number of piperazine rings is 1. The lowest BCUT2D eigenvalue weighted by Crippen LogP contribution is -2.57. The number of likely N-dealkylation sites (N-methyl/N-ethyl adjacent to an activating group) is 1. The quantitative estimate of drug-likeness (QED) is 0.902. The van der Waals surface area contributed by atoms with Gasteiger partial charge in [-0.05, 0) is 42.4 Å². The van der Waals surface area contributed by atoms with Gasteiger partial charge in [-0.15, -0.1) is 0 Å². The summed E-state index contributed by atoms with van der Waals surface area (Å²) in [7, 11) is 2.15. The van der Waals surface area contributed by atoms with Gasteiger partial charge in [0.15, 0.2) is 23.0 Å². The highest BCUT2D eigenvalue weighted by Gasteiger charge is 2.39. The van der Waals surface area contributed by atoms with Crippen LogP contribution in [0.1, 0.15) is 11.1 Å². The Balaban J connectivity index is 1.64. The van der Waals surface area contributed by atoms with Crippen LogP contribution in [0.5, 0.6) is 23.0 Å². The van der Waals surface area contributed by atoms with Crippen molar-refractivity contribution in [2.24, 2.45) is 0 Å². The van der Waals surface area contributed by atoms with Crippen LogP contribution in [0, 0.1) is 0 Å². The van der Waals surface area contributed by atoms with Gasteiger partial charge in [0.25, 0.3) is 0 Å². The second-order valence-electron chi connectivity index (χ2n) is 6.71. The summed E-state index contributed by atoms with van der Waals surface area (Å²) in [6.45, 7) is 3.33. The molecule has 3 aliphatic heterocycles. The third-order valence-electron chi connectivity index (χ3n) is 5.16. The number of fused-ring (bicyclic) bond motifs is 2. The molecule has 5 rings (SSSR count). The molecule has 6 heteroatoms. The highest BCUT2D eigenvalue weighted by Crippen LogP contribution is 2.42. The molecule has 0 aromatic heterocycles. The fraction of sp³-hybridized carbons (Fsp3) is 0.368. The molecule has 0 unspecified atom stereocenters. The lowest BCUT2D eigenvalue weighted by molar-refractivity contribution is 0.172. The van der Waals surface area contributed by atoms with Crippen molar-refractivity contribution in [3.05, 3.63) is 47.5 Å². The summed E-state index contributed by atoms with van der Waals surface area (Å²) in [4.78, 5) is 2.34. The molecule has 6 nitrogen and oxygen atoms in total. The third kappa shape index (κ3) is 2.33. The van der Waals surface area contributed by atoms with Gasteiger partial charge in [-0.1, -0.05) is 12.1 Å². The van der Waals surface area contributed by atoms with Crippen LogP contribution in [0.3, 0.4) is 0 Å². The molecule has 1 N–H and O–H groups in total. The molecule has 0 bridgehead atoms. The van der Waals surface area contributed by atoms with Gasteiger partial charge in [0, 0.05) is 19.6 Å². The van der Waals surface area contributed by atoms with Crippen LogP contribution in [0.15, 0.2) is 36.4 Å². The molecule has 130 valence electrons. The largest absolute Gasteiger partial charge is 0.454 e. The summed E-state index contributed by atoms with van der Waals surface area (Å²) in [5.74, 6) is 3.20. The van der Waals surface area contributed by atoms with E-state index < -0.39 is 0 Å². The number of ether oxygens (including phenoxy) is 4. The van der Waals surface area contributed by atoms with Crippen molar-refractivity contribution in [1.82, 2.24) is 10.2 Å². The minimum Gasteiger partial charge on any atom is -0.454 e. The molecule has 25 heavy (non-hydrogen) atoms. The van der Waals surface area contributed by atoms with Gasteiger partial charge in [0.1, 0.15) is 0 Å². The Morgan fingerprint density at radius 1 is 0.840 bits per heavy atom. The minimum atomic E-state index is -0.338. The van der Waals surface area contributed by atoms with E-state index in [1.165, 1.54) is 0 Å². The first-order valence-electron chi connectivity index (χ1n) is 8.48. The average molecular weight is 340 g/mol. The Bertz CT molecular complexity index is 766. The Morgan fingerprint density at radius 3 is 1.96 bits per heavy atom. The van der Waals surface area contributed by atoms with E-state index in [0.29, 0.717) is 0 Å². The molecule has 1 fully saturated rings. The smallest absolute Gasteiger partial charge is 0.231 e. The van der Waals surface area contributed by atoms with E-state index in [0.717, 1.165) is 53.8 Å². The van der Waals surface area contributed by atoms with Crippen LogP contribution in [0.2, 0.25) is 0 Å². The highest BCUT2D eigenvalue weighted by molar-refractivity contribution is 5.53. The molecular weight excluding hydrogens is 320 g/mol. The van der Waals surface area contributed by atoms with Crippen molar-refractivity contribution in [1.29, 1.82) is 0 Å². The summed E-state index contributed by atoms with van der Waals surface area (Å²) in [5.41, 5.74) is 1.97.